The average molecular weight is 348 g/mol. The van der Waals surface area contributed by atoms with Crippen LogP contribution in [-0.4, -0.2) is 13.0 Å². The summed E-state index contributed by atoms with van der Waals surface area (Å²) >= 11 is 0. The maximum absolute atomic E-state index is 14.5. The van der Waals surface area contributed by atoms with E-state index in [0.29, 0.717) is 28.3 Å². The third kappa shape index (κ3) is 2.58. The van der Waals surface area contributed by atoms with Crippen molar-refractivity contribution in [2.75, 3.05) is 17.3 Å². The number of nitrogens with one attached hydrogen (secondary N) is 1. The van der Waals surface area contributed by atoms with Gasteiger partial charge in [-0.05, 0) is 30.3 Å². The Labute approximate surface area is 150 Å². The summed E-state index contributed by atoms with van der Waals surface area (Å²) in [6, 6.07) is 20.9. The molecule has 1 N–H and O–H groups in total. The summed E-state index contributed by atoms with van der Waals surface area (Å²) in [7, 11) is 1.55. The number of hydrogen-bond donors (Lipinski definition) is 1. The number of carbonyl (C=O) groups excluding carboxylic acids is 1. The monoisotopic (exact) mass is 348 g/mol. The molecule has 0 unspecified atom stereocenters. The highest BCUT2D eigenvalue weighted by atomic mass is 19.1. The van der Waals surface area contributed by atoms with Gasteiger partial charge in [-0.25, -0.2) is 4.39 Å². The summed E-state index contributed by atoms with van der Waals surface area (Å²) in [4.78, 5) is 14.8. The van der Waals surface area contributed by atoms with Crippen molar-refractivity contribution in [2.24, 2.45) is 0 Å². The molecule has 1 aliphatic rings. The van der Waals surface area contributed by atoms with Gasteiger partial charge in [0.2, 0.25) is 0 Å². The van der Waals surface area contributed by atoms with Gasteiger partial charge in [0.15, 0.2) is 0 Å². The standard InChI is InChI=1S/C21H17FN2O2/c1-26-19-13-7-6-12-18(19)24-20(14-8-2-4-10-16(14)22)23-17-11-5-3-9-15(17)21(24)25/h2-13,20,23H,1H3/t20-/m1/s1. The van der Waals surface area contributed by atoms with E-state index in [4.69, 9.17) is 4.74 Å². The molecule has 1 aliphatic heterocycles. The molecule has 0 saturated heterocycles. The Morgan fingerprint density at radius 1 is 0.962 bits per heavy atom. The minimum Gasteiger partial charge on any atom is -0.495 e. The summed E-state index contributed by atoms with van der Waals surface area (Å²) in [5.41, 5.74) is 2.18. The molecule has 0 bridgehead atoms. The minimum absolute atomic E-state index is 0.211. The molecule has 130 valence electrons. The Morgan fingerprint density at radius 3 is 2.46 bits per heavy atom. The Kier molecular flexibility index (Phi) is 4.05. The first-order valence-corrected chi connectivity index (χ1v) is 8.27. The maximum Gasteiger partial charge on any atom is 0.262 e. The van der Waals surface area contributed by atoms with Gasteiger partial charge in [0.05, 0.1) is 18.4 Å². The molecule has 0 spiro atoms. The average Bonchev–Trinajstić information content (AvgIpc) is 2.68. The van der Waals surface area contributed by atoms with Crippen molar-refractivity contribution in [1.29, 1.82) is 0 Å². The zero-order chi connectivity index (χ0) is 18.1. The highest BCUT2D eigenvalue weighted by Crippen LogP contribution is 2.40. The first kappa shape index (κ1) is 16.1. The Hall–Kier alpha value is -3.34. The molecule has 3 aromatic carbocycles. The van der Waals surface area contributed by atoms with Crippen molar-refractivity contribution < 1.29 is 13.9 Å². The van der Waals surface area contributed by atoms with Crippen LogP contribution in [0.1, 0.15) is 22.1 Å². The second kappa shape index (κ2) is 6.52. The molecule has 26 heavy (non-hydrogen) atoms. The van der Waals surface area contributed by atoms with Crippen LogP contribution < -0.4 is 15.0 Å². The predicted octanol–water partition coefficient (Wildman–Crippen LogP) is 4.61. The summed E-state index contributed by atoms with van der Waals surface area (Å²) in [5.74, 6) is -0.0439. The molecular formula is C21H17FN2O2. The number of para-hydroxylation sites is 3. The number of rotatable bonds is 3. The second-order valence-electron chi connectivity index (χ2n) is 5.96. The number of ether oxygens (including phenoxy) is 1. The summed E-state index contributed by atoms with van der Waals surface area (Å²) in [6.45, 7) is 0. The number of amides is 1. The van der Waals surface area contributed by atoms with E-state index < -0.39 is 6.17 Å². The highest BCUT2D eigenvalue weighted by Gasteiger charge is 2.36. The number of hydrogen-bond acceptors (Lipinski definition) is 3. The molecular weight excluding hydrogens is 331 g/mol. The van der Waals surface area contributed by atoms with E-state index in [1.165, 1.54) is 6.07 Å². The fraction of sp³-hybridized carbons (Fsp3) is 0.0952. The molecule has 5 heteroatoms. The number of carbonyl (C=O) groups is 1. The van der Waals surface area contributed by atoms with Crippen molar-refractivity contribution in [3.8, 4) is 5.75 Å². The molecule has 1 atom stereocenters. The lowest BCUT2D eigenvalue weighted by molar-refractivity contribution is 0.0974. The zero-order valence-electron chi connectivity index (χ0n) is 14.1. The SMILES string of the molecule is COc1ccccc1N1C(=O)c2ccccc2N[C@H]1c1ccccc1F. The van der Waals surface area contributed by atoms with Gasteiger partial charge in [0.25, 0.3) is 5.91 Å². The van der Waals surface area contributed by atoms with Crippen molar-refractivity contribution in [3.05, 3.63) is 89.7 Å². The molecule has 1 heterocycles. The molecule has 0 fully saturated rings. The Balaban J connectivity index is 1.92. The molecule has 0 radical (unpaired) electrons. The van der Waals surface area contributed by atoms with Gasteiger partial charge in [-0.1, -0.05) is 42.5 Å². The Morgan fingerprint density at radius 2 is 1.65 bits per heavy atom. The van der Waals surface area contributed by atoms with Crippen molar-refractivity contribution in [1.82, 2.24) is 0 Å². The van der Waals surface area contributed by atoms with Crippen LogP contribution in [0.4, 0.5) is 15.8 Å². The van der Waals surface area contributed by atoms with E-state index in [-0.39, 0.29) is 11.7 Å². The van der Waals surface area contributed by atoms with Crippen LogP contribution in [0.25, 0.3) is 0 Å². The van der Waals surface area contributed by atoms with Gasteiger partial charge in [-0.15, -0.1) is 0 Å². The smallest absolute Gasteiger partial charge is 0.262 e. The largest absolute Gasteiger partial charge is 0.495 e. The first-order chi connectivity index (χ1) is 12.7. The Bertz CT molecular complexity index is 973. The van der Waals surface area contributed by atoms with Gasteiger partial charge in [-0.3, -0.25) is 9.69 Å². The number of halogens is 1. The van der Waals surface area contributed by atoms with Crippen LogP contribution in [0.15, 0.2) is 72.8 Å². The van der Waals surface area contributed by atoms with Crippen LogP contribution in [0.2, 0.25) is 0 Å². The third-order valence-corrected chi connectivity index (χ3v) is 4.47. The number of anilines is 2. The zero-order valence-corrected chi connectivity index (χ0v) is 14.1. The van der Waals surface area contributed by atoms with E-state index >= 15 is 0 Å². The van der Waals surface area contributed by atoms with Crippen LogP contribution in [0, 0.1) is 5.82 Å². The number of fused-ring (bicyclic) bond motifs is 1. The van der Waals surface area contributed by atoms with E-state index in [1.54, 1.807) is 48.4 Å². The topological polar surface area (TPSA) is 41.6 Å². The van der Waals surface area contributed by atoms with Gasteiger partial charge >= 0.3 is 0 Å². The molecule has 0 saturated carbocycles. The fourth-order valence-electron chi connectivity index (χ4n) is 3.25. The van der Waals surface area contributed by atoms with E-state index in [9.17, 15) is 9.18 Å². The fourth-order valence-corrected chi connectivity index (χ4v) is 3.25. The summed E-state index contributed by atoms with van der Waals surface area (Å²) < 4.78 is 20.0. The molecule has 3 aromatic rings. The van der Waals surface area contributed by atoms with E-state index in [1.807, 2.05) is 30.3 Å². The normalized spacial score (nSPS) is 16.0. The van der Waals surface area contributed by atoms with E-state index in [2.05, 4.69) is 5.32 Å². The number of benzene rings is 3. The van der Waals surface area contributed by atoms with E-state index in [0.717, 1.165) is 0 Å². The quantitative estimate of drug-likeness (QED) is 0.752. The van der Waals surface area contributed by atoms with Crippen molar-refractivity contribution in [2.45, 2.75) is 6.17 Å². The number of methoxy groups -OCH3 is 1. The molecule has 0 aliphatic carbocycles. The van der Waals surface area contributed by atoms with Gasteiger partial charge in [0, 0.05) is 11.3 Å². The summed E-state index contributed by atoms with van der Waals surface area (Å²) in [6.07, 6.45) is -0.685. The van der Waals surface area contributed by atoms with Crippen LogP contribution in [-0.2, 0) is 0 Å². The lowest BCUT2D eigenvalue weighted by atomic mass is 10.0. The highest BCUT2D eigenvalue weighted by molar-refractivity contribution is 6.12. The summed E-state index contributed by atoms with van der Waals surface area (Å²) in [5, 5.41) is 3.29. The third-order valence-electron chi connectivity index (χ3n) is 4.47. The molecule has 0 aromatic heterocycles. The minimum atomic E-state index is -0.685. The van der Waals surface area contributed by atoms with Crippen molar-refractivity contribution >= 4 is 17.3 Å². The molecule has 4 nitrogen and oxygen atoms in total. The van der Waals surface area contributed by atoms with Gasteiger partial charge in [-0.2, -0.15) is 0 Å². The predicted molar refractivity (Wildman–Crippen MR) is 99.0 cm³/mol. The maximum atomic E-state index is 14.5. The molecule has 4 rings (SSSR count). The second-order valence-corrected chi connectivity index (χ2v) is 5.96. The van der Waals surface area contributed by atoms with Crippen LogP contribution >= 0.6 is 0 Å². The van der Waals surface area contributed by atoms with Crippen LogP contribution in [0.3, 0.4) is 0 Å². The van der Waals surface area contributed by atoms with Crippen molar-refractivity contribution in [3.63, 3.8) is 0 Å². The van der Waals surface area contributed by atoms with Crippen LogP contribution in [0.5, 0.6) is 5.75 Å². The number of nitrogens with zero attached hydrogens (tertiary/aromatic N) is 1. The molecule has 1 amide bonds. The lowest BCUT2D eigenvalue weighted by Crippen LogP contribution is -2.43. The van der Waals surface area contributed by atoms with Gasteiger partial charge in [0.1, 0.15) is 17.7 Å². The first-order valence-electron chi connectivity index (χ1n) is 8.27. The van der Waals surface area contributed by atoms with Gasteiger partial charge < -0.3 is 10.1 Å². The lowest BCUT2D eigenvalue weighted by Gasteiger charge is -2.38.